The molecule has 0 spiro atoms. The number of hydrogen-bond donors (Lipinski definition) is 1. The van der Waals surface area contributed by atoms with Crippen LogP contribution in [0, 0.1) is 0 Å². The Labute approximate surface area is 164 Å². The van der Waals surface area contributed by atoms with Crippen molar-refractivity contribution < 1.29 is 23.8 Å². The van der Waals surface area contributed by atoms with E-state index in [-0.39, 0.29) is 23.3 Å². The van der Waals surface area contributed by atoms with Crippen molar-refractivity contribution in [2.75, 3.05) is 56.3 Å². The highest BCUT2D eigenvalue weighted by Crippen LogP contribution is 2.37. The van der Waals surface area contributed by atoms with Gasteiger partial charge in [0, 0.05) is 25.2 Å². The predicted octanol–water partition coefficient (Wildman–Crippen LogP) is 1.60. The summed E-state index contributed by atoms with van der Waals surface area (Å²) in [6.45, 7) is 3.44. The van der Waals surface area contributed by atoms with Crippen molar-refractivity contribution in [3.8, 4) is 11.5 Å². The summed E-state index contributed by atoms with van der Waals surface area (Å²) in [5.74, 6) is 1.73. The monoisotopic (exact) mass is 409 g/mol. The number of fused-ring (bicyclic) bond motifs is 2. The number of morpholine rings is 1. The van der Waals surface area contributed by atoms with Crippen molar-refractivity contribution in [3.63, 3.8) is 0 Å². The highest BCUT2D eigenvalue weighted by atomic mass is 32.2. The van der Waals surface area contributed by atoms with Crippen LogP contribution in [0.15, 0.2) is 12.1 Å². The first-order valence-corrected chi connectivity index (χ1v) is 10.6. The van der Waals surface area contributed by atoms with Crippen molar-refractivity contribution in [2.24, 2.45) is 0 Å². The van der Waals surface area contributed by atoms with E-state index in [2.05, 4.69) is 10.3 Å². The second-order valence-corrected chi connectivity index (χ2v) is 8.03. The molecule has 4 rings (SSSR count). The van der Waals surface area contributed by atoms with Crippen LogP contribution >= 0.6 is 23.1 Å². The minimum atomic E-state index is -0.175. The van der Waals surface area contributed by atoms with Crippen molar-refractivity contribution in [3.05, 3.63) is 12.1 Å². The third kappa shape index (κ3) is 4.45. The van der Waals surface area contributed by atoms with Gasteiger partial charge in [0.2, 0.25) is 11.8 Å². The number of hydrogen-bond acceptors (Lipinski definition) is 8. The largest absolute Gasteiger partial charge is 0.486 e. The number of carbonyl (C=O) groups excluding carboxylic acids is 2. The first kappa shape index (κ1) is 18.3. The van der Waals surface area contributed by atoms with Gasteiger partial charge in [-0.1, -0.05) is 11.3 Å². The summed E-state index contributed by atoms with van der Waals surface area (Å²) in [5.41, 5.74) is 0.759. The summed E-state index contributed by atoms with van der Waals surface area (Å²) in [6.07, 6.45) is 0. The number of benzene rings is 1. The van der Waals surface area contributed by atoms with E-state index < -0.39 is 0 Å². The van der Waals surface area contributed by atoms with Gasteiger partial charge in [-0.15, -0.1) is 11.8 Å². The Kier molecular flexibility index (Phi) is 5.65. The average Bonchev–Trinajstić information content (AvgIpc) is 3.07. The molecule has 0 unspecified atom stereocenters. The first-order valence-electron chi connectivity index (χ1n) is 8.62. The van der Waals surface area contributed by atoms with Crippen LogP contribution in [0.1, 0.15) is 0 Å². The fourth-order valence-corrected chi connectivity index (χ4v) is 4.42. The summed E-state index contributed by atoms with van der Waals surface area (Å²) in [7, 11) is 0. The third-order valence-electron chi connectivity index (χ3n) is 4.12. The van der Waals surface area contributed by atoms with E-state index in [1.807, 2.05) is 12.1 Å². The molecule has 2 aromatic rings. The lowest BCUT2D eigenvalue weighted by atomic mass is 10.3. The first-order chi connectivity index (χ1) is 13.2. The molecule has 3 heterocycles. The minimum Gasteiger partial charge on any atom is -0.486 e. The lowest BCUT2D eigenvalue weighted by molar-refractivity contribution is -0.132. The second kappa shape index (κ2) is 8.32. The molecule has 1 aromatic carbocycles. The number of carbonyl (C=O) groups is 2. The normalized spacial score (nSPS) is 16.4. The number of nitrogens with one attached hydrogen (secondary N) is 1. The second-order valence-electron chi connectivity index (χ2n) is 6.02. The lowest BCUT2D eigenvalue weighted by Crippen LogP contribution is -2.41. The van der Waals surface area contributed by atoms with Crippen LogP contribution in [0.2, 0.25) is 0 Å². The fourth-order valence-electron chi connectivity index (χ4n) is 2.81. The fraction of sp³-hybridized carbons (Fsp3) is 0.471. The number of thiazole rings is 1. The molecule has 0 saturated carbocycles. The zero-order valence-corrected chi connectivity index (χ0v) is 16.2. The molecular weight excluding hydrogens is 390 g/mol. The molecule has 10 heteroatoms. The topological polar surface area (TPSA) is 90.0 Å². The smallest absolute Gasteiger partial charge is 0.236 e. The number of thioether (sulfide) groups is 1. The van der Waals surface area contributed by atoms with Gasteiger partial charge >= 0.3 is 0 Å². The van der Waals surface area contributed by atoms with Crippen molar-refractivity contribution in [1.82, 2.24) is 9.88 Å². The van der Waals surface area contributed by atoms with Gasteiger partial charge in [-0.05, 0) is 0 Å². The summed E-state index contributed by atoms with van der Waals surface area (Å²) in [6, 6.07) is 3.71. The quantitative estimate of drug-likeness (QED) is 0.802. The van der Waals surface area contributed by atoms with Crippen molar-refractivity contribution >= 4 is 50.3 Å². The molecule has 0 atom stereocenters. The Balaban J connectivity index is 1.29. The summed E-state index contributed by atoms with van der Waals surface area (Å²) >= 11 is 2.69. The lowest BCUT2D eigenvalue weighted by Gasteiger charge is -2.26. The maximum absolute atomic E-state index is 12.1. The molecule has 8 nitrogen and oxygen atoms in total. The Morgan fingerprint density at radius 3 is 2.63 bits per heavy atom. The van der Waals surface area contributed by atoms with Gasteiger partial charge in [0.1, 0.15) is 13.2 Å². The minimum absolute atomic E-state index is 0.0432. The molecule has 0 aliphatic carbocycles. The molecule has 1 saturated heterocycles. The SMILES string of the molecule is O=C(CSCC(=O)N1CCOCC1)Nc1nc2cc3c(cc2s1)OCCO3. The highest BCUT2D eigenvalue weighted by Gasteiger charge is 2.18. The van der Waals surface area contributed by atoms with Gasteiger partial charge in [0.25, 0.3) is 0 Å². The number of anilines is 1. The van der Waals surface area contributed by atoms with Gasteiger partial charge in [-0.25, -0.2) is 4.98 Å². The van der Waals surface area contributed by atoms with Crippen molar-refractivity contribution in [1.29, 1.82) is 0 Å². The van der Waals surface area contributed by atoms with Crippen LogP contribution in [0.3, 0.4) is 0 Å². The Morgan fingerprint density at radius 2 is 1.85 bits per heavy atom. The predicted molar refractivity (Wildman–Crippen MR) is 104 cm³/mol. The van der Waals surface area contributed by atoms with Gasteiger partial charge in [0.15, 0.2) is 16.6 Å². The molecule has 2 aliphatic heterocycles. The zero-order chi connectivity index (χ0) is 18.6. The standard InChI is InChI=1S/C17H19N3O5S2/c21-15(9-26-10-16(22)20-1-3-23-4-2-20)19-17-18-11-7-12-13(8-14(11)27-17)25-6-5-24-12/h7-8H,1-6,9-10H2,(H,18,19,21). The number of amides is 2. The molecule has 2 amide bonds. The van der Waals surface area contributed by atoms with Crippen LogP contribution in [0.25, 0.3) is 10.2 Å². The summed E-state index contributed by atoms with van der Waals surface area (Å²) in [5, 5.41) is 3.32. The maximum atomic E-state index is 12.1. The van der Waals surface area contributed by atoms with Crippen molar-refractivity contribution in [2.45, 2.75) is 0 Å². The van der Waals surface area contributed by atoms with Gasteiger partial charge < -0.3 is 24.4 Å². The zero-order valence-electron chi connectivity index (χ0n) is 14.6. The Hall–Kier alpha value is -2.04. The highest BCUT2D eigenvalue weighted by molar-refractivity contribution is 8.00. The summed E-state index contributed by atoms with van der Waals surface area (Å²) < 4.78 is 17.3. The molecule has 27 heavy (non-hydrogen) atoms. The molecule has 144 valence electrons. The Morgan fingerprint density at radius 1 is 1.11 bits per heavy atom. The molecule has 1 N–H and O–H groups in total. The van der Waals surface area contributed by atoms with E-state index in [0.717, 1.165) is 10.2 Å². The molecule has 0 radical (unpaired) electrons. The number of rotatable bonds is 5. The molecule has 0 bridgehead atoms. The van der Waals surface area contributed by atoms with E-state index in [0.29, 0.717) is 56.1 Å². The van der Waals surface area contributed by atoms with Crippen LogP contribution < -0.4 is 14.8 Å². The van der Waals surface area contributed by atoms with Crippen LogP contribution in [-0.4, -0.2) is 72.7 Å². The van der Waals surface area contributed by atoms with Crippen LogP contribution in [-0.2, 0) is 14.3 Å². The van der Waals surface area contributed by atoms with E-state index in [9.17, 15) is 9.59 Å². The number of nitrogens with zero attached hydrogens (tertiary/aromatic N) is 2. The molecule has 2 aliphatic rings. The Bertz CT molecular complexity index is 807. The average molecular weight is 409 g/mol. The summed E-state index contributed by atoms with van der Waals surface area (Å²) in [4.78, 5) is 30.4. The molecule has 1 aromatic heterocycles. The molecular formula is C17H19N3O5S2. The van der Waals surface area contributed by atoms with Gasteiger partial charge in [-0.2, -0.15) is 0 Å². The third-order valence-corrected chi connectivity index (χ3v) is 5.97. The maximum Gasteiger partial charge on any atom is 0.236 e. The number of aromatic nitrogens is 1. The van der Waals surface area contributed by atoms with Gasteiger partial charge in [-0.3, -0.25) is 9.59 Å². The van der Waals surface area contributed by atoms with Crippen LogP contribution in [0.5, 0.6) is 11.5 Å². The molecule has 1 fully saturated rings. The van der Waals surface area contributed by atoms with Gasteiger partial charge in [0.05, 0.1) is 34.9 Å². The van der Waals surface area contributed by atoms with E-state index in [4.69, 9.17) is 14.2 Å². The van der Waals surface area contributed by atoms with E-state index in [1.165, 1.54) is 23.1 Å². The van der Waals surface area contributed by atoms with E-state index >= 15 is 0 Å². The number of ether oxygens (including phenoxy) is 3. The van der Waals surface area contributed by atoms with E-state index in [1.54, 1.807) is 4.90 Å². The van der Waals surface area contributed by atoms with Crippen LogP contribution in [0.4, 0.5) is 5.13 Å².